The molecule has 0 radical (unpaired) electrons. The summed E-state index contributed by atoms with van der Waals surface area (Å²) < 4.78 is 6.64. The summed E-state index contributed by atoms with van der Waals surface area (Å²) >= 11 is 1.35. The van der Waals surface area contributed by atoms with Crippen LogP contribution in [-0.4, -0.2) is 10.9 Å². The van der Waals surface area contributed by atoms with E-state index in [1.165, 1.54) is 41.4 Å². The fourth-order valence-electron chi connectivity index (χ4n) is 3.31. The Labute approximate surface area is 184 Å². The van der Waals surface area contributed by atoms with Gasteiger partial charge in [0.15, 0.2) is 17.5 Å². The number of carbonyl (C=O) groups is 1. The summed E-state index contributed by atoms with van der Waals surface area (Å²) in [6.07, 6.45) is 2.57. The van der Waals surface area contributed by atoms with Crippen LogP contribution >= 0.6 is 11.3 Å². The van der Waals surface area contributed by atoms with Gasteiger partial charge in [-0.2, -0.15) is 4.73 Å². The minimum absolute atomic E-state index is 0.309. The Morgan fingerprint density at radius 3 is 2.29 bits per heavy atom. The largest absolute Gasteiger partial charge is 0.619 e. The van der Waals surface area contributed by atoms with Crippen molar-refractivity contribution in [1.29, 1.82) is 0 Å². The highest BCUT2D eigenvalue weighted by atomic mass is 32.1. The minimum atomic E-state index is -0.309. The number of ether oxygens (including phenoxy) is 1. The maximum absolute atomic E-state index is 12.4. The molecule has 156 valence electrons. The first-order valence-corrected chi connectivity index (χ1v) is 10.6. The van der Waals surface area contributed by atoms with Crippen LogP contribution < -0.4 is 14.8 Å². The minimum Gasteiger partial charge on any atom is -0.619 e. The Balaban J connectivity index is 1.53. The Kier molecular flexibility index (Phi) is 5.68. The van der Waals surface area contributed by atoms with Gasteiger partial charge in [0.25, 0.3) is 5.91 Å². The normalized spacial score (nSPS) is 10.7. The highest BCUT2D eigenvalue weighted by molar-refractivity contribution is 7.14. The third-order valence-electron chi connectivity index (χ3n) is 4.81. The van der Waals surface area contributed by atoms with Gasteiger partial charge in [0.1, 0.15) is 11.5 Å². The average Bonchev–Trinajstić information content (AvgIpc) is 3.17. The summed E-state index contributed by atoms with van der Waals surface area (Å²) in [5.74, 6) is 1.25. The van der Waals surface area contributed by atoms with Gasteiger partial charge in [-0.05, 0) is 56.2 Å². The molecular formula is C24H21N3O3S. The maximum Gasteiger partial charge on any atom is 0.257 e. The summed E-state index contributed by atoms with van der Waals surface area (Å²) in [6, 6.07) is 14.9. The predicted molar refractivity (Wildman–Crippen MR) is 122 cm³/mol. The van der Waals surface area contributed by atoms with Crippen molar-refractivity contribution in [1.82, 2.24) is 4.98 Å². The molecule has 4 aromatic rings. The van der Waals surface area contributed by atoms with Crippen LogP contribution in [0.25, 0.3) is 11.3 Å². The molecule has 0 atom stereocenters. The molecule has 2 heterocycles. The molecule has 0 aliphatic carbocycles. The first kappa shape index (κ1) is 20.6. The van der Waals surface area contributed by atoms with E-state index >= 15 is 0 Å². The third-order valence-corrected chi connectivity index (χ3v) is 5.57. The van der Waals surface area contributed by atoms with Crippen LogP contribution in [0.4, 0.5) is 5.13 Å². The summed E-state index contributed by atoms with van der Waals surface area (Å²) in [5, 5.41) is 16.3. The molecule has 0 saturated carbocycles. The van der Waals surface area contributed by atoms with Crippen LogP contribution in [0.5, 0.6) is 11.5 Å². The molecule has 0 spiro atoms. The topological polar surface area (TPSA) is 78.2 Å². The Morgan fingerprint density at radius 1 is 1.00 bits per heavy atom. The number of hydrogen-bond acceptors (Lipinski definition) is 5. The van der Waals surface area contributed by atoms with E-state index in [0.29, 0.717) is 15.4 Å². The number of anilines is 1. The van der Waals surface area contributed by atoms with Crippen LogP contribution in [0.15, 0.2) is 66.3 Å². The first-order chi connectivity index (χ1) is 14.9. The fourth-order valence-corrected chi connectivity index (χ4v) is 4.01. The third kappa shape index (κ3) is 4.73. The Bertz CT molecular complexity index is 1210. The van der Waals surface area contributed by atoms with Crippen molar-refractivity contribution in [2.24, 2.45) is 0 Å². The lowest BCUT2D eigenvalue weighted by molar-refractivity contribution is -0.605. The van der Waals surface area contributed by atoms with Crippen LogP contribution in [-0.2, 0) is 0 Å². The monoisotopic (exact) mass is 431 g/mol. The first-order valence-electron chi connectivity index (χ1n) is 9.71. The molecule has 2 aromatic heterocycles. The summed E-state index contributed by atoms with van der Waals surface area (Å²) in [7, 11) is 0. The van der Waals surface area contributed by atoms with Crippen LogP contribution in [0, 0.1) is 26.0 Å². The molecular weight excluding hydrogens is 410 g/mol. The van der Waals surface area contributed by atoms with Gasteiger partial charge in [0.05, 0.1) is 11.3 Å². The van der Waals surface area contributed by atoms with E-state index in [9.17, 15) is 10.0 Å². The second kappa shape index (κ2) is 8.57. The van der Waals surface area contributed by atoms with E-state index in [0.717, 1.165) is 33.9 Å². The van der Waals surface area contributed by atoms with Gasteiger partial charge in [-0.3, -0.25) is 10.1 Å². The van der Waals surface area contributed by atoms with Crippen LogP contribution in [0.1, 0.15) is 27.0 Å². The van der Waals surface area contributed by atoms with Gasteiger partial charge < -0.3 is 9.94 Å². The lowest BCUT2D eigenvalue weighted by Crippen LogP contribution is -2.25. The Morgan fingerprint density at radius 2 is 1.65 bits per heavy atom. The number of carbonyl (C=O) groups excluding carboxylic acids is 1. The van der Waals surface area contributed by atoms with Crippen molar-refractivity contribution in [2.75, 3.05) is 5.32 Å². The number of nitrogens with zero attached hydrogens (tertiary/aromatic N) is 2. The number of nitrogens with one attached hydrogen (secondary N) is 1. The molecule has 2 aromatic carbocycles. The molecule has 0 fully saturated rings. The number of hydrogen-bond donors (Lipinski definition) is 1. The maximum atomic E-state index is 12.4. The van der Waals surface area contributed by atoms with Gasteiger partial charge in [0, 0.05) is 23.1 Å². The lowest BCUT2D eigenvalue weighted by atomic mass is 10.0. The van der Waals surface area contributed by atoms with Gasteiger partial charge in [-0.15, -0.1) is 11.3 Å². The molecule has 1 N–H and O–H groups in total. The number of benzene rings is 2. The second-order valence-electron chi connectivity index (χ2n) is 7.29. The van der Waals surface area contributed by atoms with Crippen molar-refractivity contribution in [3.8, 4) is 22.8 Å². The van der Waals surface area contributed by atoms with E-state index in [-0.39, 0.29) is 5.91 Å². The van der Waals surface area contributed by atoms with Crippen molar-refractivity contribution in [3.63, 3.8) is 0 Å². The summed E-state index contributed by atoms with van der Waals surface area (Å²) in [6.45, 7) is 6.08. The number of thiazole rings is 1. The molecule has 0 aliphatic rings. The zero-order valence-corrected chi connectivity index (χ0v) is 18.2. The van der Waals surface area contributed by atoms with Gasteiger partial charge >= 0.3 is 0 Å². The molecule has 1 amide bonds. The van der Waals surface area contributed by atoms with Gasteiger partial charge in [-0.1, -0.05) is 17.7 Å². The SMILES string of the molecule is Cc1ccc(Oc2cc(C)c(-c3csc(NC(=O)c4cc[n+]([O-])cc4)n3)c(C)c2)cc1. The number of amides is 1. The zero-order valence-electron chi connectivity index (χ0n) is 17.4. The quantitative estimate of drug-likeness (QED) is 0.338. The smallest absolute Gasteiger partial charge is 0.257 e. The number of rotatable bonds is 5. The van der Waals surface area contributed by atoms with Crippen LogP contribution in [0.2, 0.25) is 0 Å². The molecule has 0 bridgehead atoms. The molecule has 6 nitrogen and oxygen atoms in total. The van der Waals surface area contributed by atoms with E-state index in [2.05, 4.69) is 10.3 Å². The fraction of sp³-hybridized carbons (Fsp3) is 0.125. The van der Waals surface area contributed by atoms with Crippen molar-refractivity contribution >= 4 is 22.4 Å². The van der Waals surface area contributed by atoms with Crippen molar-refractivity contribution in [2.45, 2.75) is 20.8 Å². The zero-order chi connectivity index (χ0) is 22.0. The molecule has 7 heteroatoms. The molecule has 0 unspecified atom stereocenters. The number of pyridine rings is 1. The van der Waals surface area contributed by atoms with Crippen molar-refractivity contribution < 1.29 is 14.3 Å². The highest BCUT2D eigenvalue weighted by Gasteiger charge is 2.15. The van der Waals surface area contributed by atoms with E-state index in [1.807, 2.05) is 62.5 Å². The average molecular weight is 432 g/mol. The molecule has 31 heavy (non-hydrogen) atoms. The predicted octanol–water partition coefficient (Wildman–Crippen LogP) is 5.41. The second-order valence-corrected chi connectivity index (χ2v) is 8.14. The highest BCUT2D eigenvalue weighted by Crippen LogP contribution is 2.34. The molecule has 0 saturated heterocycles. The van der Waals surface area contributed by atoms with E-state index in [1.54, 1.807) is 0 Å². The molecule has 4 rings (SSSR count). The Hall–Kier alpha value is -3.71. The molecule has 0 aliphatic heterocycles. The summed E-state index contributed by atoms with van der Waals surface area (Å²) in [5.41, 5.74) is 5.46. The van der Waals surface area contributed by atoms with Crippen LogP contribution in [0.3, 0.4) is 0 Å². The van der Waals surface area contributed by atoms with Gasteiger partial charge in [0.2, 0.25) is 0 Å². The van der Waals surface area contributed by atoms with E-state index in [4.69, 9.17) is 4.74 Å². The van der Waals surface area contributed by atoms with Gasteiger partial charge in [-0.25, -0.2) is 4.98 Å². The van der Waals surface area contributed by atoms with Crippen molar-refractivity contribution in [3.05, 3.63) is 93.8 Å². The standard InChI is InChI=1S/C24H21N3O3S/c1-15-4-6-19(7-5-15)30-20-12-16(2)22(17(3)13-20)21-14-31-24(25-21)26-23(28)18-8-10-27(29)11-9-18/h4-14H,1-3H3,(H,25,26,28). The number of aryl methyl sites for hydroxylation is 3. The summed E-state index contributed by atoms with van der Waals surface area (Å²) in [4.78, 5) is 17.0. The lowest BCUT2D eigenvalue weighted by Gasteiger charge is -2.12. The van der Waals surface area contributed by atoms with E-state index < -0.39 is 0 Å². The number of aromatic nitrogens is 2.